The molecule has 1 heterocycles. The lowest BCUT2D eigenvalue weighted by Gasteiger charge is -2.10. The van der Waals surface area contributed by atoms with Gasteiger partial charge in [-0.2, -0.15) is 0 Å². The number of rotatable bonds is 5. The number of benzene rings is 2. The third-order valence-corrected chi connectivity index (χ3v) is 5.08. The van der Waals surface area contributed by atoms with Crippen LogP contribution < -0.4 is 16.2 Å². The van der Waals surface area contributed by atoms with Gasteiger partial charge >= 0.3 is 0 Å². The SMILES string of the molecule is CCCNC(=S)NNC(=O)c1sc(-c2ccccc2)nc1-c1ccccc1. The average Bonchev–Trinajstić information content (AvgIpc) is 3.17. The molecule has 27 heavy (non-hydrogen) atoms. The number of carbonyl (C=O) groups is 1. The van der Waals surface area contributed by atoms with Gasteiger partial charge in [0.05, 0.1) is 5.69 Å². The molecule has 0 saturated carbocycles. The van der Waals surface area contributed by atoms with Gasteiger partial charge in [-0.3, -0.25) is 15.6 Å². The minimum Gasteiger partial charge on any atom is -0.361 e. The van der Waals surface area contributed by atoms with E-state index >= 15 is 0 Å². The zero-order valence-corrected chi connectivity index (χ0v) is 16.5. The lowest BCUT2D eigenvalue weighted by Crippen LogP contribution is -2.46. The van der Waals surface area contributed by atoms with E-state index in [2.05, 4.69) is 16.2 Å². The van der Waals surface area contributed by atoms with Crippen molar-refractivity contribution in [3.05, 3.63) is 65.5 Å². The molecule has 0 bridgehead atoms. The number of carbonyl (C=O) groups excluding carboxylic acids is 1. The van der Waals surface area contributed by atoms with Crippen molar-refractivity contribution < 1.29 is 4.79 Å². The topological polar surface area (TPSA) is 66.0 Å². The molecule has 0 saturated heterocycles. The molecule has 1 aromatic heterocycles. The first kappa shape index (κ1) is 19.0. The van der Waals surface area contributed by atoms with Gasteiger partial charge in [0.1, 0.15) is 9.88 Å². The minimum atomic E-state index is -0.269. The Balaban J connectivity index is 1.87. The lowest BCUT2D eigenvalue weighted by molar-refractivity contribution is 0.0948. The number of aromatic nitrogens is 1. The number of amides is 1. The molecule has 138 valence electrons. The van der Waals surface area contributed by atoms with Crippen molar-refractivity contribution in [1.82, 2.24) is 21.2 Å². The third-order valence-electron chi connectivity index (χ3n) is 3.73. The average molecular weight is 397 g/mol. The Morgan fingerprint density at radius 1 is 1.00 bits per heavy atom. The molecule has 3 N–H and O–H groups in total. The van der Waals surface area contributed by atoms with Gasteiger partial charge < -0.3 is 5.32 Å². The molecular weight excluding hydrogens is 376 g/mol. The summed E-state index contributed by atoms with van der Waals surface area (Å²) in [5.74, 6) is -0.269. The summed E-state index contributed by atoms with van der Waals surface area (Å²) in [7, 11) is 0. The number of nitrogens with zero attached hydrogens (tertiary/aromatic N) is 1. The molecule has 0 fully saturated rings. The standard InChI is InChI=1S/C20H20N4OS2/c1-2-13-21-20(26)24-23-18(25)17-16(14-9-5-3-6-10-14)22-19(27-17)15-11-7-4-8-12-15/h3-12H,2,13H2,1H3,(H,23,25)(H2,21,24,26). The molecule has 3 rings (SSSR count). The first-order chi connectivity index (χ1) is 13.2. The summed E-state index contributed by atoms with van der Waals surface area (Å²) < 4.78 is 0. The maximum absolute atomic E-state index is 12.8. The highest BCUT2D eigenvalue weighted by Gasteiger charge is 2.20. The van der Waals surface area contributed by atoms with Crippen LogP contribution in [0.2, 0.25) is 0 Å². The Morgan fingerprint density at radius 2 is 1.63 bits per heavy atom. The summed E-state index contributed by atoms with van der Waals surface area (Å²) in [6, 6.07) is 19.5. The van der Waals surface area contributed by atoms with Crippen LogP contribution in [-0.2, 0) is 0 Å². The second kappa shape index (κ2) is 9.25. The van der Waals surface area contributed by atoms with Crippen molar-refractivity contribution >= 4 is 34.6 Å². The van der Waals surface area contributed by atoms with Crippen LogP contribution in [-0.4, -0.2) is 22.5 Å². The van der Waals surface area contributed by atoms with E-state index in [4.69, 9.17) is 17.2 Å². The molecular formula is C20H20N4OS2. The number of thiazole rings is 1. The van der Waals surface area contributed by atoms with E-state index in [0.717, 1.165) is 29.1 Å². The van der Waals surface area contributed by atoms with Crippen LogP contribution in [0.15, 0.2) is 60.7 Å². The first-order valence-corrected chi connectivity index (χ1v) is 9.87. The molecule has 5 nitrogen and oxygen atoms in total. The van der Waals surface area contributed by atoms with Gasteiger partial charge in [0.2, 0.25) is 0 Å². The Bertz CT molecular complexity index is 910. The first-order valence-electron chi connectivity index (χ1n) is 8.65. The molecule has 0 aliphatic carbocycles. The molecule has 7 heteroatoms. The van der Waals surface area contributed by atoms with Crippen LogP contribution in [0.25, 0.3) is 21.8 Å². The predicted octanol–water partition coefficient (Wildman–Crippen LogP) is 4.00. The van der Waals surface area contributed by atoms with E-state index in [-0.39, 0.29) is 5.91 Å². The maximum atomic E-state index is 12.8. The number of nitrogens with one attached hydrogen (secondary N) is 3. The second-order valence-corrected chi connectivity index (χ2v) is 7.17. The summed E-state index contributed by atoms with van der Waals surface area (Å²) in [4.78, 5) is 18.0. The lowest BCUT2D eigenvalue weighted by atomic mass is 10.1. The van der Waals surface area contributed by atoms with Crippen molar-refractivity contribution in [3.8, 4) is 21.8 Å². The summed E-state index contributed by atoms with van der Waals surface area (Å²) in [6.07, 6.45) is 0.948. The third kappa shape index (κ3) is 4.90. The molecule has 0 unspecified atom stereocenters. The van der Waals surface area contributed by atoms with Crippen molar-refractivity contribution in [1.29, 1.82) is 0 Å². The van der Waals surface area contributed by atoms with E-state index in [1.807, 2.05) is 67.6 Å². The van der Waals surface area contributed by atoms with Crippen LogP contribution >= 0.6 is 23.6 Å². The summed E-state index contributed by atoms with van der Waals surface area (Å²) in [5.41, 5.74) is 7.94. The van der Waals surface area contributed by atoms with Gasteiger partial charge in [0.15, 0.2) is 5.11 Å². The molecule has 0 spiro atoms. The highest BCUT2D eigenvalue weighted by Crippen LogP contribution is 2.33. The van der Waals surface area contributed by atoms with E-state index in [1.165, 1.54) is 11.3 Å². The molecule has 3 aromatic rings. The van der Waals surface area contributed by atoms with E-state index in [0.29, 0.717) is 15.7 Å². The molecule has 0 aliphatic rings. The number of hydrogen-bond donors (Lipinski definition) is 3. The van der Waals surface area contributed by atoms with Gasteiger partial charge in [0, 0.05) is 17.7 Å². The Kier molecular flexibility index (Phi) is 6.51. The van der Waals surface area contributed by atoms with Crippen molar-refractivity contribution in [2.24, 2.45) is 0 Å². The Hall–Kier alpha value is -2.77. The van der Waals surface area contributed by atoms with E-state index in [9.17, 15) is 4.79 Å². The summed E-state index contributed by atoms with van der Waals surface area (Å²) in [6.45, 7) is 2.79. The van der Waals surface area contributed by atoms with Crippen LogP contribution in [0.5, 0.6) is 0 Å². The number of hydrazine groups is 1. The van der Waals surface area contributed by atoms with Crippen LogP contribution in [0, 0.1) is 0 Å². The smallest absolute Gasteiger partial charge is 0.282 e. The van der Waals surface area contributed by atoms with Crippen LogP contribution in [0.4, 0.5) is 0 Å². The van der Waals surface area contributed by atoms with Gasteiger partial charge in [-0.25, -0.2) is 4.98 Å². The molecule has 0 aliphatic heterocycles. The summed E-state index contributed by atoms with van der Waals surface area (Å²) >= 11 is 6.50. The Labute approximate surface area is 167 Å². The minimum absolute atomic E-state index is 0.269. The molecule has 1 amide bonds. The largest absolute Gasteiger partial charge is 0.361 e. The van der Waals surface area contributed by atoms with Crippen LogP contribution in [0.3, 0.4) is 0 Å². The highest BCUT2D eigenvalue weighted by molar-refractivity contribution is 7.80. The van der Waals surface area contributed by atoms with Gasteiger partial charge in [0.25, 0.3) is 5.91 Å². The monoisotopic (exact) mass is 396 g/mol. The molecule has 0 radical (unpaired) electrons. The molecule has 0 atom stereocenters. The summed E-state index contributed by atoms with van der Waals surface area (Å²) in [5, 5.41) is 4.20. The van der Waals surface area contributed by atoms with Crippen molar-refractivity contribution in [3.63, 3.8) is 0 Å². The van der Waals surface area contributed by atoms with Gasteiger partial charge in [-0.05, 0) is 18.6 Å². The fraction of sp³-hybridized carbons (Fsp3) is 0.150. The molecule has 2 aromatic carbocycles. The highest BCUT2D eigenvalue weighted by atomic mass is 32.1. The second-order valence-electron chi connectivity index (χ2n) is 5.76. The van der Waals surface area contributed by atoms with Crippen LogP contribution in [0.1, 0.15) is 23.0 Å². The Morgan fingerprint density at radius 3 is 2.26 bits per heavy atom. The zero-order chi connectivity index (χ0) is 19.1. The maximum Gasteiger partial charge on any atom is 0.282 e. The number of thiocarbonyl (C=S) groups is 1. The van der Waals surface area contributed by atoms with Crippen molar-refractivity contribution in [2.75, 3.05) is 6.54 Å². The fourth-order valence-corrected chi connectivity index (χ4v) is 3.56. The number of hydrogen-bond acceptors (Lipinski definition) is 4. The zero-order valence-electron chi connectivity index (χ0n) is 14.9. The van der Waals surface area contributed by atoms with Gasteiger partial charge in [-0.15, -0.1) is 11.3 Å². The quantitative estimate of drug-likeness (QED) is 0.449. The predicted molar refractivity (Wildman–Crippen MR) is 114 cm³/mol. The fourth-order valence-electron chi connectivity index (χ4n) is 2.42. The normalized spacial score (nSPS) is 10.3. The van der Waals surface area contributed by atoms with Gasteiger partial charge in [-0.1, -0.05) is 67.6 Å². The van der Waals surface area contributed by atoms with E-state index in [1.54, 1.807) is 0 Å². The van der Waals surface area contributed by atoms with Crippen molar-refractivity contribution in [2.45, 2.75) is 13.3 Å². The van der Waals surface area contributed by atoms with E-state index < -0.39 is 0 Å².